The lowest BCUT2D eigenvalue weighted by Gasteiger charge is -2.46. The van der Waals surface area contributed by atoms with Gasteiger partial charge in [0.1, 0.15) is 0 Å². The van der Waals surface area contributed by atoms with Gasteiger partial charge in [-0.25, -0.2) is 0 Å². The van der Waals surface area contributed by atoms with Crippen LogP contribution in [0.3, 0.4) is 0 Å². The molecule has 0 bridgehead atoms. The van der Waals surface area contributed by atoms with Crippen molar-refractivity contribution in [3.8, 4) is 0 Å². The number of nitrogens with one attached hydrogen (secondary N) is 1. The van der Waals surface area contributed by atoms with Gasteiger partial charge < -0.3 is 5.32 Å². The summed E-state index contributed by atoms with van der Waals surface area (Å²) in [5.74, 6) is 0.756. The molecular formula is C17H29BrN2S. The Bertz CT molecular complexity index is 450. The molecule has 1 aliphatic rings. The summed E-state index contributed by atoms with van der Waals surface area (Å²) in [7, 11) is 0. The number of rotatable bonds is 4. The first kappa shape index (κ1) is 17.5. The van der Waals surface area contributed by atoms with E-state index in [1.54, 1.807) is 0 Å². The van der Waals surface area contributed by atoms with Gasteiger partial charge in [-0.15, -0.1) is 11.3 Å². The average Bonchev–Trinajstić information content (AvgIpc) is 2.72. The molecule has 2 rings (SSSR count). The zero-order valence-corrected chi connectivity index (χ0v) is 16.4. The molecule has 0 saturated carbocycles. The lowest BCUT2D eigenvalue weighted by atomic mass is 9.83. The Morgan fingerprint density at radius 1 is 1.38 bits per heavy atom. The predicted molar refractivity (Wildman–Crippen MR) is 96.9 cm³/mol. The van der Waals surface area contributed by atoms with Crippen LogP contribution in [0.25, 0.3) is 0 Å². The van der Waals surface area contributed by atoms with Gasteiger partial charge in [0.2, 0.25) is 0 Å². The van der Waals surface area contributed by atoms with Gasteiger partial charge in [0, 0.05) is 36.6 Å². The molecule has 0 spiro atoms. The van der Waals surface area contributed by atoms with Crippen LogP contribution >= 0.6 is 27.3 Å². The van der Waals surface area contributed by atoms with Crippen molar-refractivity contribution < 1.29 is 0 Å². The van der Waals surface area contributed by atoms with Gasteiger partial charge in [0.25, 0.3) is 0 Å². The number of halogens is 1. The topological polar surface area (TPSA) is 15.3 Å². The number of piperazine rings is 1. The number of nitrogens with zero attached hydrogens (tertiary/aromatic N) is 1. The molecule has 1 saturated heterocycles. The number of hydrogen-bond donors (Lipinski definition) is 1. The van der Waals surface area contributed by atoms with Gasteiger partial charge in [-0.3, -0.25) is 4.90 Å². The average molecular weight is 373 g/mol. The van der Waals surface area contributed by atoms with Crippen LogP contribution in [-0.2, 0) is 6.54 Å². The molecule has 2 atom stereocenters. The van der Waals surface area contributed by atoms with E-state index in [1.165, 1.54) is 15.1 Å². The van der Waals surface area contributed by atoms with E-state index in [9.17, 15) is 0 Å². The molecule has 2 heterocycles. The van der Waals surface area contributed by atoms with Crippen LogP contribution in [0.1, 0.15) is 45.9 Å². The van der Waals surface area contributed by atoms with Crippen molar-refractivity contribution in [2.75, 3.05) is 13.1 Å². The summed E-state index contributed by atoms with van der Waals surface area (Å²) in [6.07, 6.45) is 1.27. The molecule has 1 fully saturated rings. The Hall–Kier alpha value is 0.1000. The number of thiophene rings is 1. The van der Waals surface area contributed by atoms with Gasteiger partial charge >= 0.3 is 0 Å². The zero-order valence-electron chi connectivity index (χ0n) is 13.9. The summed E-state index contributed by atoms with van der Waals surface area (Å²) in [6, 6.07) is 5.65. The Kier molecular flexibility index (Phi) is 5.91. The van der Waals surface area contributed by atoms with Gasteiger partial charge in [-0.2, -0.15) is 0 Å². The molecule has 1 aromatic rings. The molecule has 21 heavy (non-hydrogen) atoms. The maximum absolute atomic E-state index is 3.78. The fraction of sp³-hybridized carbons (Fsp3) is 0.765. The van der Waals surface area contributed by atoms with E-state index in [1.807, 2.05) is 11.3 Å². The third-order valence-electron chi connectivity index (χ3n) is 4.24. The quantitative estimate of drug-likeness (QED) is 0.820. The Morgan fingerprint density at radius 3 is 2.62 bits per heavy atom. The molecule has 1 aromatic heterocycles. The van der Waals surface area contributed by atoms with Crippen LogP contribution in [0.4, 0.5) is 0 Å². The highest BCUT2D eigenvalue weighted by Gasteiger charge is 2.35. The predicted octanol–water partition coefficient (Wildman–Crippen LogP) is 4.75. The third kappa shape index (κ3) is 5.05. The van der Waals surface area contributed by atoms with E-state index >= 15 is 0 Å². The van der Waals surface area contributed by atoms with Crippen molar-refractivity contribution in [2.24, 2.45) is 11.3 Å². The fourth-order valence-electron chi connectivity index (χ4n) is 3.27. The maximum Gasteiger partial charge on any atom is 0.0701 e. The van der Waals surface area contributed by atoms with E-state index in [0.717, 1.165) is 25.6 Å². The Balaban J connectivity index is 2.09. The summed E-state index contributed by atoms with van der Waals surface area (Å²) in [6.45, 7) is 15.1. The van der Waals surface area contributed by atoms with E-state index < -0.39 is 0 Å². The van der Waals surface area contributed by atoms with Crippen LogP contribution in [0.2, 0.25) is 0 Å². The van der Waals surface area contributed by atoms with Crippen LogP contribution in [-0.4, -0.2) is 30.1 Å². The first-order valence-corrected chi connectivity index (χ1v) is 9.58. The Morgan fingerprint density at radius 2 is 2.10 bits per heavy atom. The molecule has 120 valence electrons. The number of hydrogen-bond acceptors (Lipinski definition) is 3. The molecular weight excluding hydrogens is 344 g/mol. The van der Waals surface area contributed by atoms with Gasteiger partial charge in [0.05, 0.1) is 3.79 Å². The molecule has 1 N–H and O–H groups in total. The van der Waals surface area contributed by atoms with Crippen molar-refractivity contribution in [3.63, 3.8) is 0 Å². The Labute approximate surface area is 142 Å². The molecule has 4 heteroatoms. The largest absolute Gasteiger partial charge is 0.311 e. The normalized spacial score (nSPS) is 24.7. The standard InChI is InChI=1S/C17H29BrN2S/c1-12(2)8-13-10-20(11-14-6-7-16(18)21-14)15(9-19-13)17(3,4)5/h6-7,12-13,15,19H,8-11H2,1-5H3. The molecule has 2 nitrogen and oxygen atoms in total. The summed E-state index contributed by atoms with van der Waals surface area (Å²) in [4.78, 5) is 4.16. The van der Waals surface area contributed by atoms with Gasteiger partial charge in [0.15, 0.2) is 0 Å². The smallest absolute Gasteiger partial charge is 0.0701 e. The first-order valence-electron chi connectivity index (χ1n) is 7.97. The second-order valence-corrected chi connectivity index (χ2v) is 10.3. The summed E-state index contributed by atoms with van der Waals surface area (Å²) in [5.41, 5.74) is 0.310. The molecule has 0 aromatic carbocycles. The summed E-state index contributed by atoms with van der Waals surface area (Å²) >= 11 is 5.45. The molecule has 1 aliphatic heterocycles. The van der Waals surface area contributed by atoms with E-state index in [4.69, 9.17) is 0 Å². The minimum absolute atomic E-state index is 0.310. The van der Waals surface area contributed by atoms with Crippen LogP contribution in [0.15, 0.2) is 15.9 Å². The second-order valence-electron chi connectivity index (χ2n) is 7.75. The molecule has 0 aliphatic carbocycles. The zero-order chi connectivity index (χ0) is 15.6. The molecule has 0 amide bonds. The lowest BCUT2D eigenvalue weighted by Crippen LogP contribution is -2.60. The highest BCUT2D eigenvalue weighted by Crippen LogP contribution is 2.31. The highest BCUT2D eigenvalue weighted by atomic mass is 79.9. The van der Waals surface area contributed by atoms with Crippen LogP contribution in [0.5, 0.6) is 0 Å². The van der Waals surface area contributed by atoms with Crippen LogP contribution < -0.4 is 5.32 Å². The third-order valence-corrected chi connectivity index (χ3v) is 5.85. The fourth-order valence-corrected chi connectivity index (χ4v) is 4.78. The minimum Gasteiger partial charge on any atom is -0.311 e. The van der Waals surface area contributed by atoms with Crippen molar-refractivity contribution >= 4 is 27.3 Å². The van der Waals surface area contributed by atoms with Crippen molar-refractivity contribution in [1.82, 2.24) is 10.2 Å². The SMILES string of the molecule is CC(C)CC1CN(Cc2ccc(Br)s2)C(C(C)(C)C)CN1. The molecule has 2 unspecified atom stereocenters. The van der Waals surface area contributed by atoms with Crippen molar-refractivity contribution in [3.05, 3.63) is 20.8 Å². The van der Waals surface area contributed by atoms with E-state index in [0.29, 0.717) is 17.5 Å². The monoisotopic (exact) mass is 372 g/mol. The highest BCUT2D eigenvalue weighted by molar-refractivity contribution is 9.11. The first-order chi connectivity index (χ1) is 9.75. The van der Waals surface area contributed by atoms with Gasteiger partial charge in [-0.1, -0.05) is 34.6 Å². The van der Waals surface area contributed by atoms with E-state index in [2.05, 4.69) is 72.9 Å². The molecule has 0 radical (unpaired) electrons. The van der Waals surface area contributed by atoms with Crippen molar-refractivity contribution in [2.45, 2.75) is 59.7 Å². The van der Waals surface area contributed by atoms with E-state index in [-0.39, 0.29) is 0 Å². The van der Waals surface area contributed by atoms with Crippen LogP contribution in [0, 0.1) is 11.3 Å². The minimum atomic E-state index is 0.310. The van der Waals surface area contributed by atoms with Crippen molar-refractivity contribution in [1.29, 1.82) is 0 Å². The lowest BCUT2D eigenvalue weighted by molar-refractivity contribution is 0.0460. The summed E-state index contributed by atoms with van der Waals surface area (Å²) in [5, 5.41) is 3.78. The summed E-state index contributed by atoms with van der Waals surface area (Å²) < 4.78 is 1.23. The maximum atomic E-state index is 3.78. The van der Waals surface area contributed by atoms with Gasteiger partial charge in [-0.05, 0) is 45.8 Å². The second kappa shape index (κ2) is 7.12.